The van der Waals surface area contributed by atoms with Crippen LogP contribution in [-0.4, -0.2) is 16.8 Å². The van der Waals surface area contributed by atoms with Gasteiger partial charge in [-0.2, -0.15) is 11.8 Å². The fraction of sp³-hybridized carbons (Fsp3) is 0.417. The van der Waals surface area contributed by atoms with Gasteiger partial charge in [0.2, 0.25) is 0 Å². The highest BCUT2D eigenvalue weighted by Crippen LogP contribution is 2.27. The first-order valence-corrected chi connectivity index (χ1v) is 6.19. The average Bonchev–Trinajstić information content (AvgIpc) is 2.70. The van der Waals surface area contributed by atoms with Crippen molar-refractivity contribution in [3.8, 4) is 0 Å². The van der Waals surface area contributed by atoms with E-state index in [1.165, 1.54) is 12.1 Å². The Bertz CT molecular complexity index is 358. The van der Waals surface area contributed by atoms with Crippen molar-refractivity contribution in [1.82, 2.24) is 0 Å². The van der Waals surface area contributed by atoms with Gasteiger partial charge in [-0.15, -0.1) is 0 Å². The van der Waals surface area contributed by atoms with E-state index in [9.17, 15) is 9.18 Å². The van der Waals surface area contributed by atoms with Gasteiger partial charge in [0.05, 0.1) is 5.25 Å². The number of hydrogen-bond donors (Lipinski definition) is 0. The zero-order valence-electron chi connectivity index (χ0n) is 8.41. The molecule has 0 aromatic heterocycles. The molecule has 1 aromatic rings. The topological polar surface area (TPSA) is 17.1 Å². The molecule has 0 saturated carbocycles. The van der Waals surface area contributed by atoms with Crippen molar-refractivity contribution < 1.29 is 9.18 Å². The second kappa shape index (κ2) is 4.79. The summed E-state index contributed by atoms with van der Waals surface area (Å²) in [6.07, 6.45) is 2.48. The predicted octanol–water partition coefficient (Wildman–Crippen LogP) is 2.83. The average molecular weight is 224 g/mol. The van der Waals surface area contributed by atoms with E-state index in [1.54, 1.807) is 23.9 Å². The zero-order chi connectivity index (χ0) is 10.7. The number of rotatable bonds is 3. The molecule has 0 amide bonds. The lowest BCUT2D eigenvalue weighted by Gasteiger charge is -2.06. The molecule has 80 valence electrons. The van der Waals surface area contributed by atoms with Crippen LogP contribution < -0.4 is 0 Å². The lowest BCUT2D eigenvalue weighted by molar-refractivity contribution is -0.117. The van der Waals surface area contributed by atoms with Crippen molar-refractivity contribution in [3.63, 3.8) is 0 Å². The summed E-state index contributed by atoms with van der Waals surface area (Å²) in [5.74, 6) is 1.06. The van der Waals surface area contributed by atoms with Gasteiger partial charge in [-0.25, -0.2) is 4.39 Å². The summed E-state index contributed by atoms with van der Waals surface area (Å²) >= 11 is 1.73. The van der Waals surface area contributed by atoms with Gasteiger partial charge >= 0.3 is 0 Å². The normalized spacial score (nSPS) is 20.5. The predicted molar refractivity (Wildman–Crippen MR) is 60.6 cm³/mol. The van der Waals surface area contributed by atoms with Crippen LogP contribution in [-0.2, 0) is 11.2 Å². The van der Waals surface area contributed by atoms with Crippen LogP contribution in [0.5, 0.6) is 0 Å². The third kappa shape index (κ3) is 2.81. The molecule has 1 fully saturated rings. The molecular weight excluding hydrogens is 211 g/mol. The second-order valence-corrected chi connectivity index (χ2v) is 5.09. The molecule has 1 saturated heterocycles. The summed E-state index contributed by atoms with van der Waals surface area (Å²) in [5.41, 5.74) is 0.785. The van der Waals surface area contributed by atoms with Crippen molar-refractivity contribution in [2.75, 3.05) is 5.75 Å². The van der Waals surface area contributed by atoms with Crippen LogP contribution in [0.1, 0.15) is 18.4 Å². The van der Waals surface area contributed by atoms with Crippen LogP contribution in [0.15, 0.2) is 24.3 Å². The van der Waals surface area contributed by atoms with Gasteiger partial charge in [0.15, 0.2) is 0 Å². The largest absolute Gasteiger partial charge is 0.298 e. The molecule has 1 aromatic carbocycles. The fourth-order valence-corrected chi connectivity index (χ4v) is 3.01. The summed E-state index contributed by atoms with van der Waals surface area (Å²) in [5, 5.41) is 0.147. The third-order valence-corrected chi connectivity index (χ3v) is 3.98. The molecule has 1 aliphatic heterocycles. The highest BCUT2D eigenvalue weighted by Gasteiger charge is 2.23. The van der Waals surface area contributed by atoms with E-state index in [0.29, 0.717) is 6.42 Å². The van der Waals surface area contributed by atoms with Gasteiger partial charge in [-0.1, -0.05) is 12.1 Å². The molecule has 2 rings (SSSR count). The van der Waals surface area contributed by atoms with Gasteiger partial charge in [0, 0.05) is 6.42 Å². The van der Waals surface area contributed by atoms with Crippen molar-refractivity contribution in [1.29, 1.82) is 0 Å². The molecule has 1 atom stereocenters. The Hall–Kier alpha value is -0.830. The first-order valence-electron chi connectivity index (χ1n) is 5.14. The number of halogens is 1. The number of ketones is 1. The van der Waals surface area contributed by atoms with E-state index < -0.39 is 0 Å². The second-order valence-electron chi connectivity index (χ2n) is 3.77. The van der Waals surface area contributed by atoms with E-state index in [-0.39, 0.29) is 16.9 Å². The molecule has 1 heterocycles. The fourth-order valence-electron chi connectivity index (χ4n) is 1.79. The van der Waals surface area contributed by atoms with Gasteiger partial charge in [0.25, 0.3) is 0 Å². The van der Waals surface area contributed by atoms with E-state index in [4.69, 9.17) is 0 Å². The SMILES string of the molecule is O=C(Cc1cccc(F)c1)C1CCCS1. The summed E-state index contributed by atoms with van der Waals surface area (Å²) in [7, 11) is 0. The number of hydrogen-bond acceptors (Lipinski definition) is 2. The molecule has 0 spiro atoms. The lowest BCUT2D eigenvalue weighted by Crippen LogP contribution is -2.16. The number of carbonyl (C=O) groups is 1. The maximum Gasteiger partial charge on any atom is 0.150 e. The number of benzene rings is 1. The molecule has 1 aliphatic rings. The first kappa shape index (κ1) is 10.7. The third-order valence-electron chi connectivity index (χ3n) is 2.56. The summed E-state index contributed by atoms with van der Waals surface area (Å²) in [6, 6.07) is 6.30. The van der Waals surface area contributed by atoms with Crippen LogP contribution in [0, 0.1) is 5.82 Å². The number of carbonyl (C=O) groups excluding carboxylic acids is 1. The monoisotopic (exact) mass is 224 g/mol. The van der Waals surface area contributed by atoms with Gasteiger partial charge in [-0.3, -0.25) is 4.79 Å². The summed E-state index contributed by atoms with van der Waals surface area (Å²) in [4.78, 5) is 11.8. The quantitative estimate of drug-likeness (QED) is 0.785. The van der Waals surface area contributed by atoms with E-state index in [0.717, 1.165) is 24.2 Å². The number of thioether (sulfide) groups is 1. The Morgan fingerprint density at radius 2 is 2.40 bits per heavy atom. The maximum atomic E-state index is 12.9. The summed E-state index contributed by atoms with van der Waals surface area (Å²) < 4.78 is 12.9. The van der Waals surface area contributed by atoms with Gasteiger partial charge in [-0.05, 0) is 36.3 Å². The van der Waals surface area contributed by atoms with E-state index in [1.807, 2.05) is 0 Å². The molecule has 0 N–H and O–H groups in total. The van der Waals surface area contributed by atoms with Crippen LogP contribution >= 0.6 is 11.8 Å². The highest BCUT2D eigenvalue weighted by molar-refractivity contribution is 8.00. The standard InChI is InChI=1S/C12H13FOS/c13-10-4-1-3-9(7-10)8-11(14)12-5-2-6-15-12/h1,3-4,7,12H,2,5-6,8H2. The molecule has 15 heavy (non-hydrogen) atoms. The molecule has 0 radical (unpaired) electrons. The first-order chi connectivity index (χ1) is 7.25. The van der Waals surface area contributed by atoms with Crippen molar-refractivity contribution >= 4 is 17.5 Å². The molecule has 1 unspecified atom stereocenters. The smallest absolute Gasteiger partial charge is 0.150 e. The lowest BCUT2D eigenvalue weighted by atomic mass is 10.0. The van der Waals surface area contributed by atoms with E-state index >= 15 is 0 Å². The molecule has 0 bridgehead atoms. The Labute approximate surface area is 93.1 Å². The Balaban J connectivity index is 1.99. The minimum Gasteiger partial charge on any atom is -0.298 e. The van der Waals surface area contributed by atoms with Crippen molar-refractivity contribution in [3.05, 3.63) is 35.6 Å². The van der Waals surface area contributed by atoms with Crippen molar-refractivity contribution in [2.45, 2.75) is 24.5 Å². The minimum atomic E-state index is -0.264. The van der Waals surface area contributed by atoms with Crippen molar-refractivity contribution in [2.24, 2.45) is 0 Å². The highest BCUT2D eigenvalue weighted by atomic mass is 32.2. The number of Topliss-reactive ketones (excluding diaryl/α,β-unsaturated/α-hetero) is 1. The molecule has 3 heteroatoms. The minimum absolute atomic E-state index is 0.147. The van der Waals surface area contributed by atoms with Crippen LogP contribution in [0.3, 0.4) is 0 Å². The molecular formula is C12H13FOS. The Morgan fingerprint density at radius 1 is 1.53 bits per heavy atom. The summed E-state index contributed by atoms with van der Waals surface area (Å²) in [6.45, 7) is 0. The Morgan fingerprint density at radius 3 is 3.07 bits per heavy atom. The maximum absolute atomic E-state index is 12.9. The van der Waals surface area contributed by atoms with Gasteiger partial charge in [0.1, 0.15) is 11.6 Å². The van der Waals surface area contributed by atoms with Crippen LogP contribution in [0.2, 0.25) is 0 Å². The van der Waals surface area contributed by atoms with Crippen LogP contribution in [0.25, 0.3) is 0 Å². The van der Waals surface area contributed by atoms with Gasteiger partial charge < -0.3 is 0 Å². The Kier molecular flexibility index (Phi) is 3.41. The zero-order valence-corrected chi connectivity index (χ0v) is 9.23. The molecule has 1 nitrogen and oxygen atoms in total. The molecule has 0 aliphatic carbocycles. The van der Waals surface area contributed by atoms with E-state index in [2.05, 4.69) is 0 Å². The van der Waals surface area contributed by atoms with Crippen LogP contribution in [0.4, 0.5) is 4.39 Å².